The molecule has 1 aliphatic rings. The molecule has 0 aliphatic carbocycles. The molecule has 1 N–H and O–H groups in total. The van der Waals surface area contributed by atoms with Gasteiger partial charge < -0.3 is 0 Å². The Kier molecular flexibility index (Phi) is 4.01. The van der Waals surface area contributed by atoms with E-state index >= 15 is 0 Å². The largest absolute Gasteiger partial charge is 0.279 e. The summed E-state index contributed by atoms with van der Waals surface area (Å²) in [5, 5.41) is 1.63. The molecule has 2 heterocycles. The van der Waals surface area contributed by atoms with E-state index in [1.54, 1.807) is 0 Å². The molecule has 0 spiro atoms. The van der Waals surface area contributed by atoms with Crippen LogP contribution in [0.5, 0.6) is 0 Å². The molecule has 0 atom stereocenters. The average molecular weight is 331 g/mol. The van der Waals surface area contributed by atoms with Gasteiger partial charge in [-0.3, -0.25) is 0 Å². The zero-order valence-corrected chi connectivity index (χ0v) is 13.2. The summed E-state index contributed by atoms with van der Waals surface area (Å²) >= 11 is 7.84. The molecule has 0 saturated carbocycles. The quantitative estimate of drug-likeness (QED) is 0.937. The second kappa shape index (κ2) is 5.61. The molecule has 1 fully saturated rings. The molecular formula is C13H15ClN2O2S2. The Hall–Kier alpha value is -0.660. The zero-order chi connectivity index (χ0) is 14.2. The van der Waals surface area contributed by atoms with E-state index in [4.69, 9.17) is 11.6 Å². The number of thiophene rings is 1. The molecule has 0 bridgehead atoms. The Bertz CT molecular complexity index is 721. The van der Waals surface area contributed by atoms with Crippen LogP contribution in [-0.4, -0.2) is 25.8 Å². The average Bonchev–Trinajstić information content (AvgIpc) is 3.06. The predicted molar refractivity (Wildman–Crippen MR) is 83.4 cm³/mol. The highest BCUT2D eigenvalue weighted by Gasteiger charge is 2.25. The summed E-state index contributed by atoms with van der Waals surface area (Å²) in [5.41, 5.74) is 0. The third kappa shape index (κ3) is 2.71. The monoisotopic (exact) mass is 330 g/mol. The lowest BCUT2D eigenvalue weighted by molar-refractivity contribution is 0.465. The van der Waals surface area contributed by atoms with E-state index in [0.717, 1.165) is 27.8 Å². The van der Waals surface area contributed by atoms with Crippen LogP contribution in [0.15, 0.2) is 24.3 Å². The predicted octanol–water partition coefficient (Wildman–Crippen LogP) is 2.98. The molecule has 20 heavy (non-hydrogen) atoms. The van der Waals surface area contributed by atoms with Crippen LogP contribution >= 0.6 is 22.9 Å². The fraction of sp³-hybridized carbons (Fsp3) is 0.385. The molecule has 4 nitrogen and oxygen atoms in total. The molecule has 0 unspecified atom stereocenters. The van der Waals surface area contributed by atoms with E-state index in [-0.39, 0.29) is 6.54 Å². The number of rotatable bonds is 4. The summed E-state index contributed by atoms with van der Waals surface area (Å²) < 4.78 is 29.4. The van der Waals surface area contributed by atoms with Gasteiger partial charge in [-0.2, -0.15) is 17.4 Å². The maximum absolute atomic E-state index is 12.1. The minimum Gasteiger partial charge on any atom is -0.197 e. The second-order valence-electron chi connectivity index (χ2n) is 4.77. The summed E-state index contributed by atoms with van der Waals surface area (Å²) in [5.74, 6) is 0. The summed E-state index contributed by atoms with van der Waals surface area (Å²) in [7, 11) is -3.38. The number of nitrogens with one attached hydrogen (secondary N) is 1. The number of fused-ring (bicyclic) bond motifs is 1. The van der Waals surface area contributed by atoms with Gasteiger partial charge in [-0.25, -0.2) is 0 Å². The lowest BCUT2D eigenvalue weighted by Crippen LogP contribution is -2.38. The minimum atomic E-state index is -3.38. The number of benzene rings is 1. The lowest BCUT2D eigenvalue weighted by Gasteiger charge is -2.15. The van der Waals surface area contributed by atoms with Crippen molar-refractivity contribution >= 4 is 43.2 Å². The molecule has 0 amide bonds. The molecular weight excluding hydrogens is 316 g/mol. The van der Waals surface area contributed by atoms with Crippen molar-refractivity contribution in [2.75, 3.05) is 13.1 Å². The van der Waals surface area contributed by atoms with E-state index in [9.17, 15) is 8.42 Å². The molecule has 3 rings (SSSR count). The normalized spacial score (nSPS) is 17.1. The minimum absolute atomic E-state index is 0.247. The summed E-state index contributed by atoms with van der Waals surface area (Å²) in [6, 6.07) is 7.82. The van der Waals surface area contributed by atoms with Crippen molar-refractivity contribution in [2.45, 2.75) is 19.4 Å². The van der Waals surface area contributed by atoms with Gasteiger partial charge in [-0.15, -0.1) is 11.3 Å². The number of halogens is 1. The highest BCUT2D eigenvalue weighted by atomic mass is 35.5. The van der Waals surface area contributed by atoms with Crippen molar-refractivity contribution in [3.05, 3.63) is 34.2 Å². The van der Waals surface area contributed by atoms with E-state index in [1.807, 2.05) is 24.3 Å². The van der Waals surface area contributed by atoms with Crippen LogP contribution in [0.4, 0.5) is 0 Å². The summed E-state index contributed by atoms with van der Waals surface area (Å²) in [6.07, 6.45) is 1.87. The fourth-order valence-corrected chi connectivity index (χ4v) is 5.13. The zero-order valence-electron chi connectivity index (χ0n) is 10.8. The Morgan fingerprint density at radius 3 is 2.65 bits per heavy atom. The smallest absolute Gasteiger partial charge is 0.197 e. The van der Waals surface area contributed by atoms with Crippen molar-refractivity contribution in [1.29, 1.82) is 0 Å². The first-order valence-corrected chi connectivity index (χ1v) is 9.12. The molecule has 0 radical (unpaired) electrons. The van der Waals surface area contributed by atoms with Crippen LogP contribution in [0.1, 0.15) is 17.7 Å². The van der Waals surface area contributed by atoms with Gasteiger partial charge in [0.05, 0.1) is 5.02 Å². The van der Waals surface area contributed by atoms with Crippen LogP contribution in [0, 0.1) is 0 Å². The second-order valence-corrected chi connectivity index (χ2v) is 8.04. The Labute approximate surface area is 127 Å². The highest BCUT2D eigenvalue weighted by molar-refractivity contribution is 7.87. The van der Waals surface area contributed by atoms with E-state index in [2.05, 4.69) is 4.72 Å². The van der Waals surface area contributed by atoms with Crippen molar-refractivity contribution in [3.8, 4) is 0 Å². The Balaban J connectivity index is 1.78. The van der Waals surface area contributed by atoms with E-state index in [0.29, 0.717) is 18.1 Å². The van der Waals surface area contributed by atoms with Gasteiger partial charge in [0.15, 0.2) is 0 Å². The molecule has 7 heteroatoms. The standard InChI is InChI=1S/C13H15ClN2O2S2/c14-13-10-5-1-2-6-11(10)19-12(13)9-15-20(17,18)16-7-3-4-8-16/h1-2,5-6,15H,3-4,7-9H2. The van der Waals surface area contributed by atoms with Gasteiger partial charge in [-0.05, 0) is 18.9 Å². The van der Waals surface area contributed by atoms with Crippen molar-refractivity contribution in [2.24, 2.45) is 0 Å². The topological polar surface area (TPSA) is 49.4 Å². The van der Waals surface area contributed by atoms with Crippen molar-refractivity contribution < 1.29 is 8.42 Å². The van der Waals surface area contributed by atoms with Gasteiger partial charge in [-0.1, -0.05) is 29.8 Å². The molecule has 2 aromatic rings. The van der Waals surface area contributed by atoms with Crippen molar-refractivity contribution in [1.82, 2.24) is 9.03 Å². The van der Waals surface area contributed by atoms with Gasteiger partial charge in [0, 0.05) is 34.6 Å². The first-order chi connectivity index (χ1) is 9.58. The SMILES string of the molecule is O=S(=O)(NCc1sc2ccccc2c1Cl)N1CCCC1. The molecule has 1 aromatic carbocycles. The maximum Gasteiger partial charge on any atom is 0.279 e. The molecule has 1 aliphatic heterocycles. The third-order valence-electron chi connectivity index (χ3n) is 3.42. The Morgan fingerprint density at radius 1 is 1.25 bits per heavy atom. The first-order valence-electron chi connectivity index (χ1n) is 6.48. The van der Waals surface area contributed by atoms with Crippen molar-refractivity contribution in [3.63, 3.8) is 0 Å². The Morgan fingerprint density at radius 2 is 1.95 bits per heavy atom. The van der Waals surface area contributed by atoms with Gasteiger partial charge in [0.2, 0.25) is 0 Å². The van der Waals surface area contributed by atoms with Gasteiger partial charge in [0.1, 0.15) is 0 Å². The van der Waals surface area contributed by atoms with E-state index in [1.165, 1.54) is 15.6 Å². The van der Waals surface area contributed by atoms with Crippen LogP contribution in [-0.2, 0) is 16.8 Å². The maximum atomic E-state index is 12.1. The summed E-state index contributed by atoms with van der Waals surface area (Å²) in [4.78, 5) is 0.857. The van der Waals surface area contributed by atoms with Crippen LogP contribution in [0.25, 0.3) is 10.1 Å². The highest BCUT2D eigenvalue weighted by Crippen LogP contribution is 2.35. The fourth-order valence-electron chi connectivity index (χ4n) is 2.35. The third-order valence-corrected chi connectivity index (χ3v) is 6.69. The lowest BCUT2D eigenvalue weighted by atomic mass is 10.2. The summed E-state index contributed by atoms with van der Waals surface area (Å²) in [6.45, 7) is 1.46. The van der Waals surface area contributed by atoms with Crippen LogP contribution in [0.3, 0.4) is 0 Å². The molecule has 1 saturated heterocycles. The first kappa shape index (κ1) is 14.3. The van der Waals surface area contributed by atoms with Crippen LogP contribution in [0.2, 0.25) is 5.02 Å². The number of nitrogens with zero attached hydrogens (tertiary/aromatic N) is 1. The molecule has 108 valence electrons. The van der Waals surface area contributed by atoms with Gasteiger partial charge >= 0.3 is 0 Å². The van der Waals surface area contributed by atoms with Crippen LogP contribution < -0.4 is 4.72 Å². The molecule has 1 aromatic heterocycles. The van der Waals surface area contributed by atoms with Gasteiger partial charge in [0.25, 0.3) is 10.2 Å². The number of hydrogen-bond acceptors (Lipinski definition) is 3. The van der Waals surface area contributed by atoms with E-state index < -0.39 is 10.2 Å². The number of hydrogen-bond donors (Lipinski definition) is 1.